The SMILES string of the molecule is COc1ccc(CN2C3CC2CN(c2cnc(-c4cc(C5=CCNC5)cn5ncc(C#N)c45)cn2)C3)cn1. The van der Waals surface area contributed by atoms with Crippen LogP contribution < -0.4 is 15.0 Å². The highest BCUT2D eigenvalue weighted by atomic mass is 16.5. The number of piperidine rings is 1. The number of nitriles is 1. The highest BCUT2D eigenvalue weighted by Gasteiger charge is 2.44. The Kier molecular flexibility index (Phi) is 5.53. The Hall–Kier alpha value is -4.33. The van der Waals surface area contributed by atoms with Crippen LogP contribution in [-0.4, -0.2) is 74.8 Å². The number of rotatable bonds is 6. The third-order valence-electron chi connectivity index (χ3n) is 7.87. The van der Waals surface area contributed by atoms with Crippen LogP contribution in [0.2, 0.25) is 0 Å². The molecule has 4 aliphatic rings. The summed E-state index contributed by atoms with van der Waals surface area (Å²) in [5, 5.41) is 17.5. The summed E-state index contributed by atoms with van der Waals surface area (Å²) >= 11 is 0. The first kappa shape index (κ1) is 22.8. The van der Waals surface area contributed by atoms with Gasteiger partial charge in [0.2, 0.25) is 5.88 Å². The maximum absolute atomic E-state index is 9.68. The van der Waals surface area contributed by atoms with Crippen LogP contribution in [-0.2, 0) is 6.54 Å². The molecule has 2 unspecified atom stereocenters. The number of anilines is 1. The molecule has 2 bridgehead atoms. The van der Waals surface area contributed by atoms with Crippen molar-refractivity contribution in [3.8, 4) is 23.2 Å². The van der Waals surface area contributed by atoms with Gasteiger partial charge in [-0.25, -0.2) is 14.5 Å². The molecule has 10 heteroatoms. The molecule has 4 aliphatic heterocycles. The Morgan fingerprint density at radius 2 is 2.00 bits per heavy atom. The van der Waals surface area contributed by atoms with Crippen molar-refractivity contribution in [3.63, 3.8) is 0 Å². The highest BCUT2D eigenvalue weighted by molar-refractivity contribution is 5.85. The molecule has 0 amide bonds. The zero-order valence-corrected chi connectivity index (χ0v) is 21.1. The quantitative estimate of drug-likeness (QED) is 0.423. The second-order valence-corrected chi connectivity index (χ2v) is 10.1. The maximum Gasteiger partial charge on any atom is 0.212 e. The number of hydrogen-bond acceptors (Lipinski definition) is 9. The van der Waals surface area contributed by atoms with Gasteiger partial charge in [-0.1, -0.05) is 12.1 Å². The van der Waals surface area contributed by atoms with Crippen LogP contribution in [0.1, 0.15) is 23.1 Å². The smallest absolute Gasteiger partial charge is 0.212 e. The number of pyridine rings is 2. The van der Waals surface area contributed by atoms with Crippen molar-refractivity contribution < 1.29 is 4.74 Å². The Bertz CT molecular complexity index is 1560. The minimum atomic E-state index is 0.493. The molecule has 2 atom stereocenters. The Morgan fingerprint density at radius 3 is 2.68 bits per heavy atom. The van der Waals surface area contributed by atoms with Crippen LogP contribution in [0, 0.1) is 11.3 Å². The average molecular weight is 506 g/mol. The molecule has 8 heterocycles. The van der Waals surface area contributed by atoms with E-state index in [2.05, 4.69) is 49.5 Å². The van der Waals surface area contributed by atoms with E-state index in [1.54, 1.807) is 17.8 Å². The van der Waals surface area contributed by atoms with Crippen molar-refractivity contribution in [2.45, 2.75) is 25.0 Å². The van der Waals surface area contributed by atoms with Crippen molar-refractivity contribution in [1.29, 1.82) is 5.26 Å². The molecule has 0 aliphatic carbocycles. The van der Waals surface area contributed by atoms with E-state index in [0.29, 0.717) is 23.5 Å². The maximum atomic E-state index is 9.68. The standard InChI is InChI=1S/C28H27N9O/c1-38-27-3-2-18(9-33-27)14-36-22-7-23(36)17-35(16-22)26-13-31-25(12-32-26)24-6-20(19-4-5-30-10-19)15-37-28(24)21(8-29)11-34-37/h2-4,6,9,11-13,15,22-23,30H,5,7,10,14,16-17H2,1H3. The zero-order valence-electron chi connectivity index (χ0n) is 21.1. The Labute approximate surface area is 220 Å². The van der Waals surface area contributed by atoms with E-state index >= 15 is 0 Å². The van der Waals surface area contributed by atoms with Crippen molar-refractivity contribution in [2.24, 2.45) is 0 Å². The summed E-state index contributed by atoms with van der Waals surface area (Å²) in [5.41, 5.74) is 6.37. The van der Waals surface area contributed by atoms with Gasteiger partial charge in [0.05, 0.1) is 42.5 Å². The summed E-state index contributed by atoms with van der Waals surface area (Å²) in [6, 6.07) is 9.36. The molecule has 38 heavy (non-hydrogen) atoms. The van der Waals surface area contributed by atoms with E-state index in [-0.39, 0.29) is 0 Å². The summed E-state index contributed by atoms with van der Waals surface area (Å²) in [6.45, 7) is 4.42. The lowest BCUT2D eigenvalue weighted by Gasteiger charge is -2.56. The molecule has 0 saturated carbocycles. The lowest BCUT2D eigenvalue weighted by Crippen LogP contribution is -2.68. The van der Waals surface area contributed by atoms with Gasteiger partial charge in [0, 0.05) is 68.8 Å². The normalized spacial score (nSPS) is 20.7. The van der Waals surface area contributed by atoms with E-state index in [4.69, 9.17) is 14.7 Å². The van der Waals surface area contributed by atoms with Gasteiger partial charge >= 0.3 is 0 Å². The largest absolute Gasteiger partial charge is 0.481 e. The second kappa shape index (κ2) is 9.20. The van der Waals surface area contributed by atoms with Crippen LogP contribution in [0.15, 0.2) is 55.3 Å². The summed E-state index contributed by atoms with van der Waals surface area (Å²) in [7, 11) is 1.64. The molecular weight excluding hydrogens is 478 g/mol. The number of aromatic nitrogens is 5. The van der Waals surface area contributed by atoms with Crippen LogP contribution in [0.3, 0.4) is 0 Å². The van der Waals surface area contributed by atoms with Gasteiger partial charge in [-0.15, -0.1) is 0 Å². The minimum Gasteiger partial charge on any atom is -0.481 e. The lowest BCUT2D eigenvalue weighted by molar-refractivity contribution is -0.00879. The molecule has 0 aromatic carbocycles. The molecule has 10 nitrogen and oxygen atoms in total. The first-order valence-corrected chi connectivity index (χ1v) is 12.8. The predicted octanol–water partition coefficient (Wildman–Crippen LogP) is 2.52. The van der Waals surface area contributed by atoms with Crippen LogP contribution in [0.4, 0.5) is 5.82 Å². The highest BCUT2D eigenvalue weighted by Crippen LogP contribution is 2.36. The topological polar surface area (TPSA) is 108 Å². The van der Waals surface area contributed by atoms with Gasteiger partial charge in [-0.05, 0) is 29.2 Å². The Balaban J connectivity index is 1.11. The molecule has 190 valence electrons. The first-order valence-electron chi connectivity index (χ1n) is 12.8. The zero-order chi connectivity index (χ0) is 25.6. The second-order valence-electron chi connectivity index (χ2n) is 10.1. The first-order chi connectivity index (χ1) is 18.7. The molecule has 8 rings (SSSR count). The molecule has 4 aromatic heterocycles. The van der Waals surface area contributed by atoms with Gasteiger partial charge in [0.1, 0.15) is 11.9 Å². The molecule has 1 N–H and O–H groups in total. The number of hydrogen-bond donors (Lipinski definition) is 1. The third-order valence-corrected chi connectivity index (χ3v) is 7.87. The lowest BCUT2D eigenvalue weighted by atomic mass is 9.87. The number of methoxy groups -OCH3 is 1. The van der Waals surface area contributed by atoms with Crippen molar-refractivity contribution in [2.75, 3.05) is 38.2 Å². The van der Waals surface area contributed by atoms with Crippen LogP contribution in [0.5, 0.6) is 5.88 Å². The molecular formula is C28H27N9O. The molecule has 0 spiro atoms. The van der Waals surface area contributed by atoms with Crippen LogP contribution in [0.25, 0.3) is 22.3 Å². The predicted molar refractivity (Wildman–Crippen MR) is 143 cm³/mol. The fourth-order valence-corrected chi connectivity index (χ4v) is 5.86. The van der Waals surface area contributed by atoms with Gasteiger partial charge in [-0.3, -0.25) is 9.88 Å². The Morgan fingerprint density at radius 1 is 1.11 bits per heavy atom. The minimum absolute atomic E-state index is 0.493. The van der Waals surface area contributed by atoms with Gasteiger partial charge in [0.25, 0.3) is 0 Å². The monoisotopic (exact) mass is 505 g/mol. The van der Waals surface area contributed by atoms with Crippen molar-refractivity contribution >= 4 is 16.9 Å². The number of nitrogens with zero attached hydrogens (tertiary/aromatic N) is 8. The molecule has 3 fully saturated rings. The average Bonchev–Trinajstić information content (AvgIpc) is 3.66. The number of fused-ring (bicyclic) bond motifs is 3. The van der Waals surface area contributed by atoms with Gasteiger partial charge in [0.15, 0.2) is 0 Å². The number of ether oxygens (including phenoxy) is 1. The van der Waals surface area contributed by atoms with E-state index in [0.717, 1.165) is 60.9 Å². The van der Waals surface area contributed by atoms with E-state index < -0.39 is 0 Å². The van der Waals surface area contributed by atoms with E-state index in [9.17, 15) is 5.26 Å². The van der Waals surface area contributed by atoms with E-state index in [1.165, 1.54) is 17.6 Å². The fraction of sp³-hybridized carbons (Fsp3) is 0.321. The third kappa shape index (κ3) is 3.88. The summed E-state index contributed by atoms with van der Waals surface area (Å²) in [5.74, 6) is 1.53. The summed E-state index contributed by atoms with van der Waals surface area (Å²) < 4.78 is 6.96. The number of piperazine rings is 1. The molecule has 0 radical (unpaired) electrons. The summed E-state index contributed by atoms with van der Waals surface area (Å²) in [6.07, 6.45) is 12.6. The summed E-state index contributed by atoms with van der Waals surface area (Å²) in [4.78, 5) is 18.9. The number of nitrogens with one attached hydrogen (secondary N) is 1. The van der Waals surface area contributed by atoms with Gasteiger partial charge < -0.3 is 15.0 Å². The van der Waals surface area contributed by atoms with Crippen molar-refractivity contribution in [3.05, 3.63) is 71.9 Å². The molecule has 4 aromatic rings. The van der Waals surface area contributed by atoms with Gasteiger partial charge in [-0.2, -0.15) is 10.4 Å². The van der Waals surface area contributed by atoms with Crippen molar-refractivity contribution in [1.82, 2.24) is 34.8 Å². The van der Waals surface area contributed by atoms with E-state index in [1.807, 2.05) is 30.9 Å². The van der Waals surface area contributed by atoms with Crippen LogP contribution >= 0.6 is 0 Å². The fourth-order valence-electron chi connectivity index (χ4n) is 5.86. The molecule has 3 saturated heterocycles.